The van der Waals surface area contributed by atoms with Gasteiger partial charge in [0.25, 0.3) is 5.91 Å². The molecule has 1 heterocycles. The van der Waals surface area contributed by atoms with Crippen molar-refractivity contribution in [2.45, 2.75) is 97.4 Å². The fourth-order valence-corrected chi connectivity index (χ4v) is 5.36. The molecule has 39 heavy (non-hydrogen) atoms. The fraction of sp³-hybridized carbons (Fsp3) is 0.515. The van der Waals surface area contributed by atoms with Gasteiger partial charge in [-0.05, 0) is 36.8 Å². The van der Waals surface area contributed by atoms with Gasteiger partial charge in [-0.3, -0.25) is 4.79 Å². The molecule has 3 aromatic rings. The molecule has 0 aliphatic carbocycles. The van der Waals surface area contributed by atoms with Gasteiger partial charge in [0.2, 0.25) is 5.51 Å². The summed E-state index contributed by atoms with van der Waals surface area (Å²) in [5, 5.41) is 5.11. The van der Waals surface area contributed by atoms with Crippen LogP contribution in [0.2, 0.25) is 0 Å². The highest BCUT2D eigenvalue weighted by Gasteiger charge is 2.13. The van der Waals surface area contributed by atoms with Crippen LogP contribution in [0.15, 0.2) is 59.4 Å². The van der Waals surface area contributed by atoms with E-state index < -0.39 is 0 Å². The van der Waals surface area contributed by atoms with E-state index in [1.165, 1.54) is 76.3 Å². The Morgan fingerprint density at radius 2 is 1.38 bits per heavy atom. The Kier molecular flexibility index (Phi) is 14.5. The molecule has 0 aliphatic rings. The molecule has 1 N–H and O–H groups in total. The number of amides is 1. The highest BCUT2D eigenvalue weighted by atomic mass is 32.1. The maximum atomic E-state index is 12.6. The van der Waals surface area contributed by atoms with E-state index in [2.05, 4.69) is 34.6 Å². The van der Waals surface area contributed by atoms with Gasteiger partial charge < -0.3 is 14.8 Å². The summed E-state index contributed by atoms with van der Waals surface area (Å²) in [4.78, 5) is 12.6. The number of hydrogen-bond donors (Lipinski definition) is 1. The summed E-state index contributed by atoms with van der Waals surface area (Å²) in [6.45, 7) is 5.77. The normalized spacial score (nSPS) is 10.9. The Labute approximate surface area is 239 Å². The van der Waals surface area contributed by atoms with Crippen LogP contribution in [0.1, 0.15) is 95.2 Å². The largest absolute Gasteiger partial charge is 0.494 e. The third-order valence-corrected chi connectivity index (χ3v) is 7.83. The first-order valence-corrected chi connectivity index (χ1v) is 15.8. The number of hydrogen-bond acceptors (Lipinski definition) is 4. The summed E-state index contributed by atoms with van der Waals surface area (Å²) < 4.78 is 13.8. The monoisotopic (exact) mass is 551 g/mol. The Morgan fingerprint density at radius 3 is 2.00 bits per heavy atom. The van der Waals surface area contributed by atoms with Crippen molar-refractivity contribution in [3.8, 4) is 11.5 Å². The van der Waals surface area contributed by atoms with E-state index in [1.54, 1.807) is 11.3 Å². The van der Waals surface area contributed by atoms with E-state index in [1.807, 2.05) is 48.5 Å². The van der Waals surface area contributed by atoms with Crippen molar-refractivity contribution in [1.29, 1.82) is 0 Å². The molecular formula is C33H47N2O3S+. The van der Waals surface area contributed by atoms with E-state index in [0.29, 0.717) is 12.3 Å². The lowest BCUT2D eigenvalue weighted by Crippen LogP contribution is -2.35. The third-order valence-electron chi connectivity index (χ3n) is 6.97. The summed E-state index contributed by atoms with van der Waals surface area (Å²) in [5.41, 5.74) is 5.16. The molecule has 3 rings (SSSR count). The second-order valence-electron chi connectivity index (χ2n) is 10.3. The Balaban J connectivity index is 1.26. The van der Waals surface area contributed by atoms with Crippen molar-refractivity contribution in [1.82, 2.24) is 0 Å². The van der Waals surface area contributed by atoms with Crippen LogP contribution >= 0.6 is 11.3 Å². The lowest BCUT2D eigenvalue weighted by molar-refractivity contribution is -0.689. The minimum absolute atomic E-state index is 0.0436. The van der Waals surface area contributed by atoms with Gasteiger partial charge in [0.1, 0.15) is 11.5 Å². The summed E-state index contributed by atoms with van der Waals surface area (Å²) in [5.74, 6) is 1.31. The molecule has 6 heteroatoms. The minimum atomic E-state index is -0.179. The molecule has 0 spiro atoms. The number of aromatic nitrogens is 1. The molecule has 212 valence electrons. The molecule has 0 unspecified atom stereocenters. The molecule has 0 saturated heterocycles. The first kappa shape index (κ1) is 30.7. The van der Waals surface area contributed by atoms with Crippen LogP contribution in [-0.4, -0.2) is 19.1 Å². The second kappa shape index (κ2) is 18.4. The molecule has 0 radical (unpaired) electrons. The van der Waals surface area contributed by atoms with Gasteiger partial charge in [-0.1, -0.05) is 107 Å². The average Bonchev–Trinajstić information content (AvgIpc) is 3.35. The summed E-state index contributed by atoms with van der Waals surface area (Å²) in [6.07, 6.45) is 16.1. The molecule has 1 amide bonds. The Hall–Kier alpha value is -2.86. The van der Waals surface area contributed by atoms with E-state index in [-0.39, 0.29) is 12.5 Å². The maximum Gasteiger partial charge on any atom is 0.262 e. The van der Waals surface area contributed by atoms with Crippen LogP contribution in [0, 0.1) is 6.92 Å². The zero-order valence-electron chi connectivity index (χ0n) is 24.0. The lowest BCUT2D eigenvalue weighted by Gasteiger charge is -2.11. The number of para-hydroxylation sites is 1. The standard InChI is InChI=1S/C33H46N2O3S/c1-3-4-5-6-7-8-9-10-11-12-13-16-23-37-30-19-21-31(22-20-30)38-25-33(36)34-32-18-15-14-17-29(32)24-35-27-39-26-28(35)2/h14-15,17-22,26-27H,3-13,16,23-25H2,1-2H3/p+1. The Morgan fingerprint density at radius 1 is 0.795 bits per heavy atom. The smallest absolute Gasteiger partial charge is 0.262 e. The lowest BCUT2D eigenvalue weighted by atomic mass is 10.1. The molecule has 0 saturated carbocycles. The van der Waals surface area contributed by atoms with Crippen LogP contribution in [0.3, 0.4) is 0 Å². The summed E-state index contributed by atoms with van der Waals surface area (Å²) in [7, 11) is 0. The molecular weight excluding hydrogens is 504 g/mol. The first-order chi connectivity index (χ1) is 19.2. The van der Waals surface area contributed by atoms with Gasteiger partial charge in [-0.15, -0.1) is 0 Å². The third kappa shape index (κ3) is 12.2. The summed E-state index contributed by atoms with van der Waals surface area (Å²) in [6, 6.07) is 15.4. The van der Waals surface area contributed by atoms with Gasteiger partial charge >= 0.3 is 0 Å². The minimum Gasteiger partial charge on any atom is -0.494 e. The first-order valence-electron chi connectivity index (χ1n) is 14.8. The van der Waals surface area contributed by atoms with Crippen molar-refractivity contribution in [2.24, 2.45) is 0 Å². The van der Waals surface area contributed by atoms with Gasteiger partial charge in [0, 0.05) is 12.5 Å². The van der Waals surface area contributed by atoms with Crippen LogP contribution in [0.25, 0.3) is 0 Å². The quantitative estimate of drug-likeness (QED) is 0.113. The van der Waals surface area contributed by atoms with E-state index in [0.717, 1.165) is 30.0 Å². The number of unbranched alkanes of at least 4 members (excludes halogenated alkanes) is 11. The van der Waals surface area contributed by atoms with E-state index in [9.17, 15) is 4.79 Å². The number of rotatable bonds is 20. The van der Waals surface area contributed by atoms with Gasteiger partial charge in [-0.25, -0.2) is 0 Å². The maximum absolute atomic E-state index is 12.6. The average molecular weight is 552 g/mol. The molecule has 5 nitrogen and oxygen atoms in total. The topological polar surface area (TPSA) is 51.4 Å². The highest BCUT2D eigenvalue weighted by Crippen LogP contribution is 2.19. The van der Waals surface area contributed by atoms with Crippen molar-refractivity contribution < 1.29 is 18.8 Å². The number of nitrogens with zero attached hydrogens (tertiary/aromatic N) is 1. The van der Waals surface area contributed by atoms with Crippen LogP contribution in [-0.2, 0) is 11.3 Å². The highest BCUT2D eigenvalue weighted by molar-refractivity contribution is 7.07. The number of carbonyl (C=O) groups excluding carboxylic acids is 1. The number of carbonyl (C=O) groups is 1. The van der Waals surface area contributed by atoms with Crippen LogP contribution < -0.4 is 19.4 Å². The number of thiazole rings is 1. The Bertz CT molecular complexity index is 1080. The van der Waals surface area contributed by atoms with Gasteiger partial charge in [0.15, 0.2) is 18.8 Å². The SMILES string of the molecule is CCCCCCCCCCCCCCOc1ccc(OCC(=O)Nc2ccccc2C[n+]2cscc2C)cc1. The second-order valence-corrected chi connectivity index (χ2v) is 11.1. The van der Waals surface area contributed by atoms with E-state index >= 15 is 0 Å². The molecule has 1 aromatic heterocycles. The molecule has 2 aromatic carbocycles. The number of benzene rings is 2. The number of anilines is 1. The number of aryl methyl sites for hydroxylation is 1. The number of ether oxygens (including phenoxy) is 2. The van der Waals surface area contributed by atoms with E-state index in [4.69, 9.17) is 9.47 Å². The van der Waals surface area contributed by atoms with Crippen molar-refractivity contribution in [2.75, 3.05) is 18.5 Å². The molecule has 0 bridgehead atoms. The van der Waals surface area contributed by atoms with Gasteiger partial charge in [-0.2, -0.15) is 4.57 Å². The predicted octanol–water partition coefficient (Wildman–Crippen LogP) is 8.49. The molecule has 0 aliphatic heterocycles. The number of nitrogens with one attached hydrogen (secondary N) is 1. The van der Waals surface area contributed by atoms with Gasteiger partial charge in [0.05, 0.1) is 17.7 Å². The van der Waals surface area contributed by atoms with Crippen LogP contribution in [0.4, 0.5) is 5.69 Å². The van der Waals surface area contributed by atoms with Crippen molar-refractivity contribution in [3.63, 3.8) is 0 Å². The molecule has 0 atom stereocenters. The summed E-state index contributed by atoms with van der Waals surface area (Å²) >= 11 is 1.67. The zero-order valence-corrected chi connectivity index (χ0v) is 24.8. The van der Waals surface area contributed by atoms with Crippen molar-refractivity contribution in [3.05, 3.63) is 70.7 Å². The predicted molar refractivity (Wildman–Crippen MR) is 162 cm³/mol. The zero-order chi connectivity index (χ0) is 27.5. The fourth-order valence-electron chi connectivity index (χ4n) is 4.58. The van der Waals surface area contributed by atoms with Crippen molar-refractivity contribution >= 4 is 22.9 Å². The molecule has 0 fully saturated rings. The van der Waals surface area contributed by atoms with Crippen LogP contribution in [0.5, 0.6) is 11.5 Å².